The number of benzene rings is 1. The Balaban J connectivity index is 1.34. The number of fused-ring (bicyclic) bond motifs is 2. The highest BCUT2D eigenvalue weighted by Gasteiger charge is 2.43. The second kappa shape index (κ2) is 8.15. The molecule has 1 aliphatic heterocycles. The molecule has 1 aliphatic carbocycles. The van der Waals surface area contributed by atoms with Gasteiger partial charge in [-0.3, -0.25) is 14.6 Å². The number of hydrogen-bond acceptors (Lipinski definition) is 6. The summed E-state index contributed by atoms with van der Waals surface area (Å²) in [5.74, 6) is 0.883. The second-order valence-corrected chi connectivity index (χ2v) is 11.9. The average Bonchev–Trinajstić information content (AvgIpc) is 3.23. The lowest BCUT2D eigenvalue weighted by atomic mass is 9.68. The molecular weight excluding hydrogens is 446 g/mol. The van der Waals surface area contributed by atoms with Gasteiger partial charge in [0.2, 0.25) is 0 Å². The van der Waals surface area contributed by atoms with Crippen LogP contribution in [0.4, 0.5) is 0 Å². The van der Waals surface area contributed by atoms with Gasteiger partial charge < -0.3 is 9.64 Å². The van der Waals surface area contributed by atoms with Crippen LogP contribution < -0.4 is 4.74 Å². The summed E-state index contributed by atoms with van der Waals surface area (Å²) >= 11 is 1.69. The molecule has 0 radical (unpaired) electrons. The third kappa shape index (κ3) is 4.00. The number of hydrogen-bond donors (Lipinski definition) is 0. The lowest BCUT2D eigenvalue weighted by molar-refractivity contribution is 0.0522. The third-order valence-corrected chi connectivity index (χ3v) is 8.70. The number of ketones is 1. The quantitative estimate of drug-likeness (QED) is 0.497. The van der Waals surface area contributed by atoms with Crippen molar-refractivity contribution in [1.82, 2.24) is 14.9 Å². The minimum Gasteiger partial charge on any atom is -0.495 e. The molecule has 5 rings (SSSR count). The van der Waals surface area contributed by atoms with E-state index in [1.807, 2.05) is 30.0 Å². The Morgan fingerprint density at radius 1 is 1.15 bits per heavy atom. The van der Waals surface area contributed by atoms with Gasteiger partial charge in [0.05, 0.1) is 23.8 Å². The van der Waals surface area contributed by atoms with Crippen LogP contribution >= 0.6 is 11.3 Å². The first-order valence-electron chi connectivity index (χ1n) is 11.9. The summed E-state index contributed by atoms with van der Waals surface area (Å²) in [4.78, 5) is 38.6. The number of Topliss-reactive ketones (excluding diaryl/α,β-unsaturated/α-hetero) is 1. The van der Waals surface area contributed by atoms with Crippen molar-refractivity contribution in [1.29, 1.82) is 0 Å². The topological polar surface area (TPSA) is 72.4 Å². The van der Waals surface area contributed by atoms with Crippen molar-refractivity contribution in [3.05, 3.63) is 51.1 Å². The smallest absolute Gasteiger partial charge is 0.253 e. The van der Waals surface area contributed by atoms with Crippen LogP contribution in [-0.2, 0) is 11.8 Å². The number of thiazole rings is 1. The van der Waals surface area contributed by atoms with Crippen LogP contribution in [0.15, 0.2) is 24.4 Å². The Kier molecular flexibility index (Phi) is 5.51. The van der Waals surface area contributed by atoms with Gasteiger partial charge in [0.15, 0.2) is 5.78 Å². The summed E-state index contributed by atoms with van der Waals surface area (Å²) in [7, 11) is 1.61. The minimum absolute atomic E-state index is 0.0401. The number of likely N-dealkylation sites (tertiary alicyclic amines) is 1. The van der Waals surface area contributed by atoms with E-state index in [1.165, 1.54) is 0 Å². The van der Waals surface area contributed by atoms with E-state index in [0.29, 0.717) is 36.5 Å². The van der Waals surface area contributed by atoms with Gasteiger partial charge in [-0.1, -0.05) is 20.8 Å². The highest BCUT2D eigenvalue weighted by atomic mass is 32.1. The zero-order valence-corrected chi connectivity index (χ0v) is 21.3. The fourth-order valence-electron chi connectivity index (χ4n) is 5.20. The van der Waals surface area contributed by atoms with E-state index in [2.05, 4.69) is 25.8 Å². The summed E-state index contributed by atoms with van der Waals surface area (Å²) in [6.07, 6.45) is 4.81. The predicted molar refractivity (Wildman–Crippen MR) is 134 cm³/mol. The van der Waals surface area contributed by atoms with Crippen molar-refractivity contribution in [2.24, 2.45) is 5.41 Å². The summed E-state index contributed by atoms with van der Waals surface area (Å²) < 4.78 is 5.31. The van der Waals surface area contributed by atoms with Gasteiger partial charge in [0, 0.05) is 40.8 Å². The Hall–Kier alpha value is -2.80. The molecule has 6 nitrogen and oxygen atoms in total. The molecule has 0 N–H and O–H groups in total. The maximum atomic E-state index is 13.4. The molecule has 0 atom stereocenters. The molecule has 2 aromatic heterocycles. The summed E-state index contributed by atoms with van der Waals surface area (Å²) in [6.45, 7) is 9.74. The Bertz CT molecular complexity index is 1300. The Labute approximate surface area is 204 Å². The van der Waals surface area contributed by atoms with E-state index in [9.17, 15) is 9.59 Å². The van der Waals surface area contributed by atoms with Crippen LogP contribution in [0.3, 0.4) is 0 Å². The number of carbonyl (C=O) groups excluding carboxylic acids is 2. The predicted octanol–water partition coefficient (Wildman–Crippen LogP) is 5.36. The molecule has 3 heterocycles. The molecule has 2 aliphatic rings. The standard InChI is InChI=1S/C27H31N3O3S/c1-16-10-18(11-17-12-19(33-5)15-28-22(16)17)24(32)30-8-6-27(7-9-30)13-20(31)23-21(14-27)34-25(29-23)26(2,3)4/h10-12,15H,6-9,13-14H2,1-5H3. The molecular formula is C27H31N3O3S. The van der Waals surface area contributed by atoms with Crippen molar-refractivity contribution in [2.45, 2.75) is 58.8 Å². The van der Waals surface area contributed by atoms with Crippen molar-refractivity contribution in [2.75, 3.05) is 20.2 Å². The number of methoxy groups -OCH3 is 1. The van der Waals surface area contributed by atoms with E-state index in [1.54, 1.807) is 24.6 Å². The molecule has 1 spiro atoms. The Morgan fingerprint density at radius 3 is 2.56 bits per heavy atom. The second-order valence-electron chi connectivity index (χ2n) is 10.8. The summed E-state index contributed by atoms with van der Waals surface area (Å²) in [5, 5.41) is 1.94. The van der Waals surface area contributed by atoms with E-state index in [0.717, 1.165) is 45.6 Å². The molecule has 0 saturated carbocycles. The monoisotopic (exact) mass is 477 g/mol. The highest BCUT2D eigenvalue weighted by molar-refractivity contribution is 7.12. The fraction of sp³-hybridized carbons (Fsp3) is 0.481. The molecule has 0 unspecified atom stereocenters. The number of amides is 1. The van der Waals surface area contributed by atoms with Gasteiger partial charge in [-0.15, -0.1) is 11.3 Å². The molecule has 1 saturated heterocycles. The van der Waals surface area contributed by atoms with Crippen molar-refractivity contribution >= 4 is 33.9 Å². The number of nitrogens with zero attached hydrogens (tertiary/aromatic N) is 3. The number of pyridine rings is 1. The minimum atomic E-state index is -0.0564. The van der Waals surface area contributed by atoms with Gasteiger partial charge in [-0.25, -0.2) is 4.98 Å². The van der Waals surface area contributed by atoms with Crippen LogP contribution in [0, 0.1) is 12.3 Å². The van der Waals surface area contributed by atoms with Gasteiger partial charge in [-0.05, 0) is 55.4 Å². The van der Waals surface area contributed by atoms with Gasteiger partial charge in [0.25, 0.3) is 5.91 Å². The average molecular weight is 478 g/mol. The number of aromatic nitrogens is 2. The van der Waals surface area contributed by atoms with Crippen molar-refractivity contribution < 1.29 is 14.3 Å². The van der Waals surface area contributed by atoms with E-state index >= 15 is 0 Å². The number of carbonyl (C=O) groups is 2. The summed E-state index contributed by atoms with van der Waals surface area (Å²) in [6, 6.07) is 5.76. The number of ether oxygens (including phenoxy) is 1. The van der Waals surface area contributed by atoms with Crippen molar-refractivity contribution in [3.63, 3.8) is 0 Å². The fourth-order valence-corrected chi connectivity index (χ4v) is 6.52. The molecule has 178 valence electrons. The Morgan fingerprint density at radius 2 is 1.88 bits per heavy atom. The van der Waals surface area contributed by atoms with Crippen LogP contribution in [0.25, 0.3) is 10.9 Å². The third-order valence-electron chi connectivity index (χ3n) is 7.22. The van der Waals surface area contributed by atoms with E-state index in [-0.39, 0.29) is 22.5 Å². The number of piperidine rings is 1. The normalized spacial score (nSPS) is 17.8. The van der Waals surface area contributed by atoms with E-state index < -0.39 is 0 Å². The molecule has 1 amide bonds. The van der Waals surface area contributed by atoms with E-state index in [4.69, 9.17) is 9.72 Å². The van der Waals surface area contributed by atoms with Gasteiger partial charge in [-0.2, -0.15) is 0 Å². The number of rotatable bonds is 2. The first-order chi connectivity index (χ1) is 16.1. The van der Waals surface area contributed by atoms with Gasteiger partial charge in [0.1, 0.15) is 11.4 Å². The lowest BCUT2D eigenvalue weighted by Gasteiger charge is -2.43. The van der Waals surface area contributed by atoms with Crippen LogP contribution in [-0.4, -0.2) is 46.8 Å². The van der Waals surface area contributed by atoms with Crippen molar-refractivity contribution in [3.8, 4) is 5.75 Å². The SMILES string of the molecule is COc1cnc2c(C)cc(C(=O)N3CCC4(CC3)CC(=O)c3nc(C(C)(C)C)sc3C4)cc2c1. The summed E-state index contributed by atoms with van der Waals surface area (Å²) in [5.41, 5.74) is 3.11. The maximum absolute atomic E-state index is 13.4. The zero-order valence-electron chi connectivity index (χ0n) is 20.5. The molecule has 0 bridgehead atoms. The highest BCUT2D eigenvalue weighted by Crippen LogP contribution is 2.46. The first kappa shape index (κ1) is 23.0. The molecule has 1 fully saturated rings. The van der Waals surface area contributed by atoms with Crippen LogP contribution in [0.1, 0.15) is 76.3 Å². The van der Waals surface area contributed by atoms with Gasteiger partial charge >= 0.3 is 0 Å². The maximum Gasteiger partial charge on any atom is 0.253 e. The molecule has 34 heavy (non-hydrogen) atoms. The largest absolute Gasteiger partial charge is 0.495 e. The lowest BCUT2D eigenvalue weighted by Crippen LogP contribution is -2.46. The first-order valence-corrected chi connectivity index (χ1v) is 12.7. The number of aryl methyl sites for hydroxylation is 1. The molecule has 3 aromatic rings. The zero-order chi connectivity index (χ0) is 24.3. The van der Waals surface area contributed by atoms with Crippen LogP contribution in [0.5, 0.6) is 5.75 Å². The molecule has 7 heteroatoms. The molecule has 1 aromatic carbocycles. The van der Waals surface area contributed by atoms with Crippen LogP contribution in [0.2, 0.25) is 0 Å².